The molecule has 1 aliphatic rings. The standard InChI is InChI=1S/C24H26ClF2N7/c1-24(2,3)32-10-8-16(9-11-32)33-13-15(12-28-33)20-6-7-21-23(29-20)34(31-30-21)14-17-18(26)4-5-19(27)22(17)25/h4-7,12-13,16H,8-11,14H2,1-3H3. The minimum atomic E-state index is -0.683. The third-order valence-corrected chi connectivity index (χ3v) is 6.90. The van der Waals surface area contributed by atoms with Crippen molar-refractivity contribution in [3.8, 4) is 11.3 Å². The van der Waals surface area contributed by atoms with Gasteiger partial charge in [0.25, 0.3) is 0 Å². The van der Waals surface area contributed by atoms with Crippen LogP contribution in [0.2, 0.25) is 5.02 Å². The zero-order chi connectivity index (χ0) is 24.0. The Bertz CT molecular complexity index is 1330. The normalized spacial score (nSPS) is 15.9. The lowest BCUT2D eigenvalue weighted by molar-refractivity contribution is 0.0870. The molecule has 3 aromatic heterocycles. The van der Waals surface area contributed by atoms with Crippen LogP contribution in [0, 0.1) is 11.6 Å². The summed E-state index contributed by atoms with van der Waals surface area (Å²) in [4.78, 5) is 7.21. The third-order valence-electron chi connectivity index (χ3n) is 6.49. The Hall–Kier alpha value is -2.91. The van der Waals surface area contributed by atoms with E-state index in [1.54, 1.807) is 0 Å². The monoisotopic (exact) mass is 485 g/mol. The number of piperidine rings is 1. The molecule has 4 heterocycles. The van der Waals surface area contributed by atoms with E-state index in [9.17, 15) is 8.78 Å². The zero-order valence-corrected chi connectivity index (χ0v) is 20.1. The molecule has 0 amide bonds. The van der Waals surface area contributed by atoms with Crippen LogP contribution in [-0.4, -0.2) is 53.3 Å². The molecule has 0 aliphatic carbocycles. The molecule has 5 rings (SSSR count). The van der Waals surface area contributed by atoms with Crippen molar-refractivity contribution < 1.29 is 8.78 Å². The number of nitrogens with zero attached hydrogens (tertiary/aromatic N) is 7. The van der Waals surface area contributed by atoms with Crippen molar-refractivity contribution >= 4 is 22.8 Å². The first-order chi connectivity index (χ1) is 16.2. The molecule has 7 nitrogen and oxygen atoms in total. The van der Waals surface area contributed by atoms with Gasteiger partial charge in [0.2, 0.25) is 0 Å². The Balaban J connectivity index is 1.39. The van der Waals surface area contributed by atoms with Crippen molar-refractivity contribution in [2.45, 2.75) is 51.7 Å². The van der Waals surface area contributed by atoms with Crippen molar-refractivity contribution in [3.05, 3.63) is 58.9 Å². The van der Waals surface area contributed by atoms with E-state index in [2.05, 4.69) is 41.1 Å². The van der Waals surface area contributed by atoms with E-state index in [1.807, 2.05) is 29.2 Å². The van der Waals surface area contributed by atoms with Crippen molar-refractivity contribution in [2.75, 3.05) is 13.1 Å². The second-order valence-corrected chi connectivity index (χ2v) is 10.1. The van der Waals surface area contributed by atoms with E-state index in [0.29, 0.717) is 22.9 Å². The van der Waals surface area contributed by atoms with Gasteiger partial charge in [-0.1, -0.05) is 16.8 Å². The molecule has 0 bridgehead atoms. The summed E-state index contributed by atoms with van der Waals surface area (Å²) in [6, 6.07) is 6.07. The number of aromatic nitrogens is 6. The average molecular weight is 486 g/mol. The molecule has 1 aliphatic heterocycles. The van der Waals surface area contributed by atoms with Crippen molar-refractivity contribution in [1.29, 1.82) is 0 Å². The highest BCUT2D eigenvalue weighted by atomic mass is 35.5. The number of benzene rings is 1. The molecule has 1 saturated heterocycles. The molecule has 0 unspecified atom stereocenters. The van der Waals surface area contributed by atoms with Crippen LogP contribution in [0.1, 0.15) is 45.2 Å². The van der Waals surface area contributed by atoms with Crippen LogP contribution in [0.15, 0.2) is 36.7 Å². The van der Waals surface area contributed by atoms with Gasteiger partial charge in [0.1, 0.15) is 17.2 Å². The molecule has 0 saturated carbocycles. The van der Waals surface area contributed by atoms with Gasteiger partial charge in [0, 0.05) is 36.0 Å². The molecular formula is C24H26ClF2N7. The number of hydrogen-bond acceptors (Lipinski definition) is 5. The van der Waals surface area contributed by atoms with Crippen LogP contribution in [0.5, 0.6) is 0 Å². The van der Waals surface area contributed by atoms with Crippen LogP contribution < -0.4 is 0 Å². The zero-order valence-electron chi connectivity index (χ0n) is 19.3. The van der Waals surface area contributed by atoms with E-state index in [-0.39, 0.29) is 22.7 Å². The first kappa shape index (κ1) is 22.9. The lowest BCUT2D eigenvalue weighted by atomic mass is 9.98. The molecule has 0 N–H and O–H groups in total. The summed E-state index contributed by atoms with van der Waals surface area (Å²) in [6.07, 6.45) is 5.91. The highest BCUT2D eigenvalue weighted by molar-refractivity contribution is 6.31. The maximum atomic E-state index is 14.3. The number of halogens is 3. The Kier molecular flexibility index (Phi) is 5.85. The quantitative estimate of drug-likeness (QED) is 0.376. The Morgan fingerprint density at radius 1 is 1.06 bits per heavy atom. The number of hydrogen-bond donors (Lipinski definition) is 0. The predicted molar refractivity (Wildman–Crippen MR) is 127 cm³/mol. The molecule has 1 fully saturated rings. The molecule has 1 aromatic carbocycles. The first-order valence-corrected chi connectivity index (χ1v) is 11.7. The Morgan fingerprint density at radius 3 is 2.53 bits per heavy atom. The second-order valence-electron chi connectivity index (χ2n) is 9.71. The van der Waals surface area contributed by atoms with Crippen LogP contribution >= 0.6 is 11.6 Å². The van der Waals surface area contributed by atoms with E-state index < -0.39 is 11.6 Å². The fourth-order valence-corrected chi connectivity index (χ4v) is 4.67. The summed E-state index contributed by atoms with van der Waals surface area (Å²) in [6.45, 7) is 8.74. The lowest BCUT2D eigenvalue weighted by Gasteiger charge is -2.40. The van der Waals surface area contributed by atoms with Crippen LogP contribution in [-0.2, 0) is 6.54 Å². The maximum absolute atomic E-state index is 14.3. The summed E-state index contributed by atoms with van der Waals surface area (Å²) in [5.74, 6) is -1.29. The summed E-state index contributed by atoms with van der Waals surface area (Å²) < 4.78 is 31.6. The summed E-state index contributed by atoms with van der Waals surface area (Å²) in [5, 5.41) is 12.5. The molecule has 34 heavy (non-hydrogen) atoms. The summed E-state index contributed by atoms with van der Waals surface area (Å²) in [7, 11) is 0. The van der Waals surface area contributed by atoms with Crippen LogP contribution in [0.4, 0.5) is 8.78 Å². The fraction of sp³-hybridized carbons (Fsp3) is 0.417. The van der Waals surface area contributed by atoms with E-state index >= 15 is 0 Å². The van der Waals surface area contributed by atoms with Gasteiger partial charge in [0.15, 0.2) is 5.65 Å². The molecular weight excluding hydrogens is 460 g/mol. The summed E-state index contributed by atoms with van der Waals surface area (Å²) >= 11 is 5.99. The number of fused-ring (bicyclic) bond motifs is 1. The largest absolute Gasteiger partial charge is 0.298 e. The van der Waals surface area contributed by atoms with Crippen molar-refractivity contribution in [1.82, 2.24) is 34.7 Å². The second kappa shape index (κ2) is 8.70. The highest BCUT2D eigenvalue weighted by Crippen LogP contribution is 2.29. The van der Waals surface area contributed by atoms with E-state index in [4.69, 9.17) is 16.6 Å². The van der Waals surface area contributed by atoms with E-state index in [1.165, 1.54) is 4.68 Å². The van der Waals surface area contributed by atoms with Crippen molar-refractivity contribution in [3.63, 3.8) is 0 Å². The number of likely N-dealkylation sites (tertiary alicyclic amines) is 1. The lowest BCUT2D eigenvalue weighted by Crippen LogP contribution is -2.46. The Labute approximate surface area is 201 Å². The maximum Gasteiger partial charge on any atom is 0.179 e. The molecule has 0 atom stereocenters. The number of rotatable bonds is 4. The van der Waals surface area contributed by atoms with Gasteiger partial charge in [-0.05, 0) is 57.9 Å². The Morgan fingerprint density at radius 2 is 1.79 bits per heavy atom. The van der Waals surface area contributed by atoms with Gasteiger partial charge in [0.05, 0.1) is 29.5 Å². The first-order valence-electron chi connectivity index (χ1n) is 11.3. The van der Waals surface area contributed by atoms with Crippen LogP contribution in [0.3, 0.4) is 0 Å². The SMILES string of the molecule is CC(C)(C)N1CCC(n2cc(-c3ccc4nnn(Cc5c(F)ccc(F)c5Cl)c4n3)cn2)CC1. The topological polar surface area (TPSA) is 64.7 Å². The smallest absolute Gasteiger partial charge is 0.179 e. The highest BCUT2D eigenvalue weighted by Gasteiger charge is 2.28. The van der Waals surface area contributed by atoms with Gasteiger partial charge in [-0.2, -0.15) is 5.10 Å². The number of pyridine rings is 1. The predicted octanol–water partition coefficient (Wildman–Crippen LogP) is 5.11. The molecule has 0 radical (unpaired) electrons. The van der Waals surface area contributed by atoms with Crippen molar-refractivity contribution in [2.24, 2.45) is 0 Å². The summed E-state index contributed by atoms with van der Waals surface area (Å²) in [5.41, 5.74) is 2.79. The van der Waals surface area contributed by atoms with Gasteiger partial charge >= 0.3 is 0 Å². The fourth-order valence-electron chi connectivity index (χ4n) is 4.46. The molecule has 178 valence electrons. The minimum Gasteiger partial charge on any atom is -0.298 e. The van der Waals surface area contributed by atoms with Crippen LogP contribution in [0.25, 0.3) is 22.4 Å². The average Bonchev–Trinajstić information content (AvgIpc) is 3.46. The van der Waals surface area contributed by atoms with Gasteiger partial charge in [-0.3, -0.25) is 9.58 Å². The van der Waals surface area contributed by atoms with Gasteiger partial charge < -0.3 is 0 Å². The minimum absolute atomic E-state index is 0.00934. The molecule has 0 spiro atoms. The van der Waals surface area contributed by atoms with Gasteiger partial charge in [-0.15, -0.1) is 5.10 Å². The molecule has 10 heteroatoms. The molecule has 4 aromatic rings. The van der Waals surface area contributed by atoms with Gasteiger partial charge in [-0.25, -0.2) is 18.4 Å². The van der Waals surface area contributed by atoms with E-state index in [0.717, 1.165) is 43.6 Å². The third kappa shape index (κ3) is 4.30.